The molecule has 0 aliphatic heterocycles. The summed E-state index contributed by atoms with van der Waals surface area (Å²) in [4.78, 5) is 21.1. The second-order valence-corrected chi connectivity index (χ2v) is 7.44. The standard InChI is InChI=1S/C19H25N5O/c1-19(2,3)16(13-23-11-9-20-14-23)22-18(25)8-7-15-12-24-10-5-4-6-17(24)21-15/h4-6,9-12,14,16H,7-8,13H2,1-3H3,(H,22,25)/t16-/m1/s1. The molecule has 0 saturated carbocycles. The van der Waals surface area contributed by atoms with E-state index in [4.69, 9.17) is 0 Å². The Labute approximate surface area is 147 Å². The van der Waals surface area contributed by atoms with Crippen molar-refractivity contribution in [2.45, 2.75) is 46.2 Å². The number of aromatic nitrogens is 4. The van der Waals surface area contributed by atoms with E-state index in [-0.39, 0.29) is 17.4 Å². The van der Waals surface area contributed by atoms with Crippen LogP contribution in [0.5, 0.6) is 0 Å². The van der Waals surface area contributed by atoms with Crippen molar-refractivity contribution < 1.29 is 4.79 Å². The van der Waals surface area contributed by atoms with Crippen molar-refractivity contribution in [2.75, 3.05) is 0 Å². The third-order valence-electron chi connectivity index (χ3n) is 4.36. The van der Waals surface area contributed by atoms with Crippen LogP contribution in [0.25, 0.3) is 5.65 Å². The summed E-state index contributed by atoms with van der Waals surface area (Å²) in [6.45, 7) is 7.12. The van der Waals surface area contributed by atoms with Crippen molar-refractivity contribution in [3.63, 3.8) is 0 Å². The van der Waals surface area contributed by atoms with Crippen LogP contribution in [0.2, 0.25) is 0 Å². The van der Waals surface area contributed by atoms with Gasteiger partial charge in [0.15, 0.2) is 0 Å². The van der Waals surface area contributed by atoms with Crippen molar-refractivity contribution >= 4 is 11.6 Å². The van der Waals surface area contributed by atoms with E-state index in [1.165, 1.54) is 0 Å². The molecule has 3 heterocycles. The summed E-state index contributed by atoms with van der Waals surface area (Å²) in [5.74, 6) is 0.0529. The number of aryl methyl sites for hydroxylation is 1. The summed E-state index contributed by atoms with van der Waals surface area (Å²) >= 11 is 0. The highest BCUT2D eigenvalue weighted by molar-refractivity contribution is 5.76. The Hall–Kier alpha value is -2.63. The van der Waals surface area contributed by atoms with Crippen LogP contribution in [0.1, 0.15) is 32.9 Å². The first-order valence-corrected chi connectivity index (χ1v) is 8.59. The Kier molecular flexibility index (Phi) is 4.88. The number of carbonyl (C=O) groups is 1. The van der Waals surface area contributed by atoms with Crippen LogP contribution in [0, 0.1) is 5.41 Å². The number of amides is 1. The van der Waals surface area contributed by atoms with Gasteiger partial charge in [-0.05, 0) is 24.0 Å². The van der Waals surface area contributed by atoms with Crippen LogP contribution >= 0.6 is 0 Å². The number of imidazole rings is 2. The van der Waals surface area contributed by atoms with E-state index in [1.54, 1.807) is 12.5 Å². The Bertz CT molecular complexity index is 796. The minimum Gasteiger partial charge on any atom is -0.351 e. The Balaban J connectivity index is 1.59. The quantitative estimate of drug-likeness (QED) is 0.751. The molecule has 25 heavy (non-hydrogen) atoms. The van der Waals surface area contributed by atoms with E-state index in [1.807, 2.05) is 45.8 Å². The molecular weight excluding hydrogens is 314 g/mol. The molecule has 132 valence electrons. The topological polar surface area (TPSA) is 64.2 Å². The molecule has 0 saturated heterocycles. The van der Waals surface area contributed by atoms with Crippen LogP contribution in [0.3, 0.4) is 0 Å². The predicted molar refractivity (Wildman–Crippen MR) is 97.1 cm³/mol. The van der Waals surface area contributed by atoms with Crippen molar-refractivity contribution in [3.8, 4) is 0 Å². The van der Waals surface area contributed by atoms with Crippen LogP contribution in [0.4, 0.5) is 0 Å². The van der Waals surface area contributed by atoms with Gasteiger partial charge >= 0.3 is 0 Å². The molecule has 6 nitrogen and oxygen atoms in total. The molecule has 3 aromatic rings. The molecule has 0 spiro atoms. The molecule has 0 aromatic carbocycles. The highest BCUT2D eigenvalue weighted by atomic mass is 16.1. The number of rotatable bonds is 6. The average molecular weight is 339 g/mol. The molecule has 0 bridgehead atoms. The molecule has 6 heteroatoms. The smallest absolute Gasteiger partial charge is 0.220 e. The fourth-order valence-corrected chi connectivity index (χ4v) is 2.76. The fourth-order valence-electron chi connectivity index (χ4n) is 2.76. The van der Waals surface area contributed by atoms with Gasteiger partial charge in [-0.1, -0.05) is 26.8 Å². The number of pyridine rings is 1. The summed E-state index contributed by atoms with van der Waals surface area (Å²) in [7, 11) is 0. The van der Waals surface area contributed by atoms with Crippen LogP contribution in [0.15, 0.2) is 49.3 Å². The third-order valence-corrected chi connectivity index (χ3v) is 4.36. The number of hydrogen-bond acceptors (Lipinski definition) is 3. The van der Waals surface area contributed by atoms with Crippen LogP contribution in [-0.2, 0) is 17.8 Å². The third kappa shape index (κ3) is 4.47. The van der Waals surface area contributed by atoms with Gasteiger partial charge in [-0.25, -0.2) is 9.97 Å². The summed E-state index contributed by atoms with van der Waals surface area (Å²) < 4.78 is 3.97. The van der Waals surface area contributed by atoms with Gasteiger partial charge in [0.25, 0.3) is 0 Å². The number of hydrogen-bond donors (Lipinski definition) is 1. The van der Waals surface area contributed by atoms with Crippen LogP contribution < -0.4 is 5.32 Å². The largest absolute Gasteiger partial charge is 0.351 e. The summed E-state index contributed by atoms with van der Waals surface area (Å²) in [6.07, 6.45) is 10.5. The zero-order chi connectivity index (χ0) is 17.9. The minimum absolute atomic E-state index is 0.0373. The maximum absolute atomic E-state index is 12.4. The predicted octanol–water partition coefficient (Wildman–Crippen LogP) is 2.69. The van der Waals surface area contributed by atoms with Crippen molar-refractivity contribution in [2.24, 2.45) is 5.41 Å². The molecule has 0 fully saturated rings. The molecule has 3 rings (SSSR count). The Morgan fingerprint density at radius 3 is 2.80 bits per heavy atom. The summed E-state index contributed by atoms with van der Waals surface area (Å²) in [6, 6.07) is 5.93. The average Bonchev–Trinajstić information content (AvgIpc) is 3.20. The lowest BCUT2D eigenvalue weighted by molar-refractivity contribution is -0.122. The monoisotopic (exact) mass is 339 g/mol. The normalized spacial score (nSPS) is 13.1. The highest BCUT2D eigenvalue weighted by Crippen LogP contribution is 2.21. The first kappa shape index (κ1) is 17.2. The molecular formula is C19H25N5O. The number of carbonyl (C=O) groups excluding carboxylic acids is 1. The number of nitrogens with zero attached hydrogens (tertiary/aromatic N) is 4. The van der Waals surface area contributed by atoms with Gasteiger partial charge in [0.2, 0.25) is 5.91 Å². The summed E-state index contributed by atoms with van der Waals surface area (Å²) in [5.41, 5.74) is 1.80. The first-order chi connectivity index (χ1) is 11.9. The zero-order valence-corrected chi connectivity index (χ0v) is 15.0. The van der Waals surface area contributed by atoms with E-state index < -0.39 is 0 Å². The molecule has 1 amide bonds. The lowest BCUT2D eigenvalue weighted by Crippen LogP contribution is -2.46. The van der Waals surface area contributed by atoms with E-state index in [0.29, 0.717) is 19.4 Å². The lowest BCUT2D eigenvalue weighted by Gasteiger charge is -2.31. The van der Waals surface area contributed by atoms with Crippen molar-refractivity contribution in [3.05, 3.63) is 55.0 Å². The lowest BCUT2D eigenvalue weighted by atomic mass is 9.86. The fraction of sp³-hybridized carbons (Fsp3) is 0.421. The van der Waals surface area contributed by atoms with Gasteiger partial charge in [0.1, 0.15) is 5.65 Å². The summed E-state index contributed by atoms with van der Waals surface area (Å²) in [5, 5.41) is 3.18. The molecule has 1 N–H and O–H groups in total. The molecule has 1 atom stereocenters. The van der Waals surface area contributed by atoms with Gasteiger partial charge in [-0.3, -0.25) is 4.79 Å². The number of nitrogens with one attached hydrogen (secondary N) is 1. The van der Waals surface area contributed by atoms with Gasteiger partial charge < -0.3 is 14.3 Å². The van der Waals surface area contributed by atoms with Gasteiger partial charge in [-0.2, -0.15) is 0 Å². The SMILES string of the molecule is CC(C)(C)[C@@H](Cn1ccnc1)NC(=O)CCc1cn2ccccc2n1. The molecule has 0 unspecified atom stereocenters. The van der Waals surface area contributed by atoms with Gasteiger partial charge in [0.05, 0.1) is 18.1 Å². The highest BCUT2D eigenvalue weighted by Gasteiger charge is 2.26. The van der Waals surface area contributed by atoms with E-state index >= 15 is 0 Å². The molecule has 3 aromatic heterocycles. The Morgan fingerprint density at radius 1 is 1.28 bits per heavy atom. The Morgan fingerprint density at radius 2 is 2.12 bits per heavy atom. The maximum atomic E-state index is 12.4. The minimum atomic E-state index is -0.0387. The maximum Gasteiger partial charge on any atom is 0.220 e. The molecule has 0 radical (unpaired) electrons. The second-order valence-electron chi connectivity index (χ2n) is 7.44. The number of fused-ring (bicyclic) bond motifs is 1. The van der Waals surface area contributed by atoms with Crippen molar-refractivity contribution in [1.82, 2.24) is 24.3 Å². The van der Waals surface area contributed by atoms with Gasteiger partial charge in [0, 0.05) is 37.8 Å². The molecule has 0 aliphatic rings. The first-order valence-electron chi connectivity index (χ1n) is 8.59. The molecule has 0 aliphatic carbocycles. The van der Waals surface area contributed by atoms with Gasteiger partial charge in [-0.15, -0.1) is 0 Å². The van der Waals surface area contributed by atoms with E-state index in [2.05, 4.69) is 36.1 Å². The van der Waals surface area contributed by atoms with Crippen LogP contribution in [-0.4, -0.2) is 30.9 Å². The zero-order valence-electron chi connectivity index (χ0n) is 15.0. The van der Waals surface area contributed by atoms with E-state index in [9.17, 15) is 4.79 Å². The van der Waals surface area contributed by atoms with Crippen molar-refractivity contribution in [1.29, 1.82) is 0 Å². The second kappa shape index (κ2) is 7.09. The van der Waals surface area contributed by atoms with E-state index in [0.717, 1.165) is 11.3 Å².